The molecule has 0 aromatic carbocycles. The van der Waals surface area contributed by atoms with Crippen LogP contribution >= 0.6 is 0 Å². The summed E-state index contributed by atoms with van der Waals surface area (Å²) < 4.78 is 0. The van der Waals surface area contributed by atoms with Crippen molar-refractivity contribution in [2.24, 2.45) is 5.41 Å². The summed E-state index contributed by atoms with van der Waals surface area (Å²) in [5.74, 6) is 0. The molecule has 0 aromatic heterocycles. The van der Waals surface area contributed by atoms with Crippen LogP contribution in [0.4, 0.5) is 0 Å². The number of nitrogens with zero attached hydrogens (tertiary/aromatic N) is 2. The van der Waals surface area contributed by atoms with E-state index in [2.05, 4.69) is 31.7 Å². The molecule has 1 atom stereocenters. The van der Waals surface area contributed by atoms with Gasteiger partial charge in [0, 0.05) is 6.04 Å². The smallest absolute Gasteiger partial charge is 0.0638 e. The molecule has 0 aliphatic carbocycles. The second-order valence-electron chi connectivity index (χ2n) is 4.91. The summed E-state index contributed by atoms with van der Waals surface area (Å²) in [6, 6.07) is 2.70. The minimum atomic E-state index is 0.446. The fourth-order valence-corrected chi connectivity index (χ4v) is 2.12. The summed E-state index contributed by atoms with van der Waals surface area (Å²) in [7, 11) is 0. The lowest BCUT2D eigenvalue weighted by Crippen LogP contribution is -2.42. The van der Waals surface area contributed by atoms with Crippen LogP contribution in [-0.2, 0) is 0 Å². The molecule has 1 saturated heterocycles. The van der Waals surface area contributed by atoms with Gasteiger partial charge in [-0.05, 0) is 38.3 Å². The number of nitriles is 1. The Morgan fingerprint density at radius 1 is 1.43 bits per heavy atom. The van der Waals surface area contributed by atoms with Crippen LogP contribution in [0.5, 0.6) is 0 Å². The molecule has 1 unspecified atom stereocenters. The lowest BCUT2D eigenvalue weighted by atomic mass is 9.78. The molecule has 1 heterocycles. The Hall–Kier alpha value is -0.550. The lowest BCUT2D eigenvalue weighted by Gasteiger charge is -2.41. The summed E-state index contributed by atoms with van der Waals surface area (Å²) in [5, 5.41) is 8.64. The summed E-state index contributed by atoms with van der Waals surface area (Å²) in [6.45, 7) is 9.19. The van der Waals surface area contributed by atoms with Crippen molar-refractivity contribution in [3.05, 3.63) is 0 Å². The normalized spacial score (nSPS) is 24.1. The number of likely N-dealkylation sites (tertiary alicyclic amines) is 1. The zero-order valence-corrected chi connectivity index (χ0v) is 9.71. The van der Waals surface area contributed by atoms with Crippen molar-refractivity contribution in [3.8, 4) is 6.07 Å². The standard InChI is InChI=1S/C12H22N2/c1-4-12(3)6-9-14(10-7-12)11(2)5-8-13/h11H,4-7,9-10H2,1-3H3. The van der Waals surface area contributed by atoms with Gasteiger partial charge in [0.25, 0.3) is 0 Å². The van der Waals surface area contributed by atoms with Crippen LogP contribution in [0.1, 0.15) is 46.5 Å². The van der Waals surface area contributed by atoms with Crippen LogP contribution in [0.15, 0.2) is 0 Å². The van der Waals surface area contributed by atoms with Crippen molar-refractivity contribution in [3.63, 3.8) is 0 Å². The Morgan fingerprint density at radius 2 is 2.00 bits per heavy atom. The molecule has 1 aliphatic rings. The van der Waals surface area contributed by atoms with E-state index in [1.54, 1.807) is 0 Å². The molecule has 1 aliphatic heterocycles. The third kappa shape index (κ3) is 2.72. The van der Waals surface area contributed by atoms with Crippen molar-refractivity contribution >= 4 is 0 Å². The van der Waals surface area contributed by atoms with Crippen LogP contribution in [0.25, 0.3) is 0 Å². The van der Waals surface area contributed by atoms with E-state index in [0.717, 1.165) is 0 Å². The predicted octanol–water partition coefficient (Wildman–Crippen LogP) is 2.80. The van der Waals surface area contributed by atoms with E-state index in [0.29, 0.717) is 17.9 Å². The van der Waals surface area contributed by atoms with Crippen LogP contribution in [0, 0.1) is 16.7 Å². The van der Waals surface area contributed by atoms with Crippen molar-refractivity contribution in [1.29, 1.82) is 5.26 Å². The van der Waals surface area contributed by atoms with Gasteiger partial charge in [0.15, 0.2) is 0 Å². The Kier molecular flexibility index (Phi) is 3.95. The topological polar surface area (TPSA) is 27.0 Å². The van der Waals surface area contributed by atoms with Crippen LogP contribution in [0.3, 0.4) is 0 Å². The fraction of sp³-hybridized carbons (Fsp3) is 0.917. The number of rotatable bonds is 3. The molecule has 1 fully saturated rings. The zero-order chi connectivity index (χ0) is 10.6. The van der Waals surface area contributed by atoms with Crippen LogP contribution in [-0.4, -0.2) is 24.0 Å². The van der Waals surface area contributed by atoms with Gasteiger partial charge in [-0.3, -0.25) is 4.90 Å². The first-order valence-corrected chi connectivity index (χ1v) is 5.72. The molecular weight excluding hydrogens is 172 g/mol. The van der Waals surface area contributed by atoms with E-state index in [4.69, 9.17) is 5.26 Å². The molecule has 14 heavy (non-hydrogen) atoms. The Bertz CT molecular complexity index is 209. The zero-order valence-electron chi connectivity index (χ0n) is 9.71. The molecule has 80 valence electrons. The fourth-order valence-electron chi connectivity index (χ4n) is 2.12. The maximum atomic E-state index is 8.64. The van der Waals surface area contributed by atoms with Crippen molar-refractivity contribution < 1.29 is 0 Å². The first-order valence-electron chi connectivity index (χ1n) is 5.72. The first kappa shape index (κ1) is 11.5. The summed E-state index contributed by atoms with van der Waals surface area (Å²) in [4.78, 5) is 2.46. The van der Waals surface area contributed by atoms with Gasteiger partial charge in [0.1, 0.15) is 0 Å². The van der Waals surface area contributed by atoms with Crippen molar-refractivity contribution in [2.75, 3.05) is 13.1 Å². The summed E-state index contributed by atoms with van der Waals surface area (Å²) in [5.41, 5.74) is 0.558. The predicted molar refractivity (Wildman–Crippen MR) is 58.9 cm³/mol. The Morgan fingerprint density at radius 3 is 2.43 bits per heavy atom. The molecular formula is C12H22N2. The SMILES string of the molecule is CCC1(C)CCN(C(C)CC#N)CC1. The van der Waals surface area contributed by atoms with E-state index in [1.165, 1.54) is 32.4 Å². The van der Waals surface area contributed by atoms with Gasteiger partial charge in [-0.1, -0.05) is 20.3 Å². The molecule has 0 aromatic rings. The van der Waals surface area contributed by atoms with E-state index in [9.17, 15) is 0 Å². The maximum Gasteiger partial charge on any atom is 0.0638 e. The highest BCUT2D eigenvalue weighted by Crippen LogP contribution is 2.34. The van der Waals surface area contributed by atoms with E-state index < -0.39 is 0 Å². The molecule has 1 rings (SSSR count). The van der Waals surface area contributed by atoms with Gasteiger partial charge in [0.05, 0.1) is 12.5 Å². The maximum absolute atomic E-state index is 8.64. The Labute approximate surface area is 87.9 Å². The van der Waals surface area contributed by atoms with Crippen molar-refractivity contribution in [1.82, 2.24) is 4.90 Å². The minimum absolute atomic E-state index is 0.446. The average molecular weight is 194 g/mol. The molecule has 0 spiro atoms. The second-order valence-corrected chi connectivity index (χ2v) is 4.91. The van der Waals surface area contributed by atoms with Crippen LogP contribution < -0.4 is 0 Å². The first-order chi connectivity index (χ1) is 6.61. The molecule has 0 saturated carbocycles. The quantitative estimate of drug-likeness (QED) is 0.690. The number of hydrogen-bond acceptors (Lipinski definition) is 2. The molecule has 0 bridgehead atoms. The van der Waals surface area contributed by atoms with Crippen molar-refractivity contribution in [2.45, 2.75) is 52.5 Å². The van der Waals surface area contributed by atoms with E-state index in [-0.39, 0.29) is 0 Å². The van der Waals surface area contributed by atoms with E-state index >= 15 is 0 Å². The number of piperidine rings is 1. The molecule has 2 nitrogen and oxygen atoms in total. The average Bonchev–Trinajstić information content (AvgIpc) is 2.19. The largest absolute Gasteiger partial charge is 0.300 e. The second kappa shape index (κ2) is 4.79. The monoisotopic (exact) mass is 194 g/mol. The molecule has 2 heteroatoms. The summed E-state index contributed by atoms with van der Waals surface area (Å²) in [6.07, 6.45) is 4.54. The van der Waals surface area contributed by atoms with E-state index in [1.807, 2.05) is 0 Å². The van der Waals surface area contributed by atoms with Gasteiger partial charge in [0.2, 0.25) is 0 Å². The third-order valence-electron chi connectivity index (χ3n) is 3.87. The Balaban J connectivity index is 2.39. The molecule has 0 amide bonds. The lowest BCUT2D eigenvalue weighted by molar-refractivity contribution is 0.0879. The molecule has 0 N–H and O–H groups in total. The minimum Gasteiger partial charge on any atom is -0.300 e. The number of hydrogen-bond donors (Lipinski definition) is 0. The highest BCUT2D eigenvalue weighted by molar-refractivity contribution is 4.86. The van der Waals surface area contributed by atoms with Gasteiger partial charge in [-0.2, -0.15) is 5.26 Å². The van der Waals surface area contributed by atoms with Gasteiger partial charge >= 0.3 is 0 Å². The van der Waals surface area contributed by atoms with Crippen LogP contribution in [0.2, 0.25) is 0 Å². The van der Waals surface area contributed by atoms with Gasteiger partial charge in [-0.25, -0.2) is 0 Å². The molecule has 0 radical (unpaired) electrons. The third-order valence-corrected chi connectivity index (χ3v) is 3.87. The summed E-state index contributed by atoms with van der Waals surface area (Å²) >= 11 is 0. The van der Waals surface area contributed by atoms with Gasteiger partial charge < -0.3 is 0 Å². The highest BCUT2D eigenvalue weighted by Gasteiger charge is 2.29. The highest BCUT2D eigenvalue weighted by atomic mass is 15.2. The van der Waals surface area contributed by atoms with Gasteiger partial charge in [-0.15, -0.1) is 0 Å².